The minimum Gasteiger partial charge on any atom is -0.325 e. The number of nitrogens with zero attached hydrogens (tertiary/aromatic N) is 1. The molecule has 1 N–H and O–H groups in total. The lowest BCUT2D eigenvalue weighted by atomic mass is 10.0. The van der Waals surface area contributed by atoms with Gasteiger partial charge in [-0.3, -0.25) is 9.78 Å². The van der Waals surface area contributed by atoms with E-state index in [2.05, 4.69) is 42.3 Å². The molecule has 0 radical (unpaired) electrons. The highest BCUT2D eigenvalue weighted by molar-refractivity contribution is 5.93. The highest BCUT2D eigenvalue weighted by Gasteiger charge is 2.06. The van der Waals surface area contributed by atoms with E-state index in [9.17, 15) is 4.79 Å². The molecule has 0 aliphatic rings. The minimum absolute atomic E-state index is 0.0158. The van der Waals surface area contributed by atoms with Crippen LogP contribution >= 0.6 is 0 Å². The molecule has 0 aliphatic carbocycles. The van der Waals surface area contributed by atoms with Crippen LogP contribution in [0, 0.1) is 13.8 Å². The van der Waals surface area contributed by atoms with Crippen molar-refractivity contribution in [3.8, 4) is 0 Å². The average Bonchev–Trinajstić information content (AvgIpc) is 2.54. The fourth-order valence-electron chi connectivity index (χ4n) is 2.74. The Balaban J connectivity index is 1.64. The number of para-hydroxylation sites is 1. The molecule has 3 aromatic rings. The van der Waals surface area contributed by atoms with Gasteiger partial charge in [-0.25, -0.2) is 0 Å². The first kappa shape index (κ1) is 15.2. The second kappa shape index (κ2) is 6.61. The van der Waals surface area contributed by atoms with Crippen LogP contribution in [0.25, 0.3) is 10.9 Å². The number of benzene rings is 2. The maximum atomic E-state index is 12.2. The SMILES string of the molecule is Cc1ccc(CCC(=O)Nc2cnc3ccccc3c2)c(C)c1. The van der Waals surface area contributed by atoms with Gasteiger partial charge in [-0.15, -0.1) is 0 Å². The Kier molecular flexibility index (Phi) is 4.38. The fourth-order valence-corrected chi connectivity index (χ4v) is 2.74. The van der Waals surface area contributed by atoms with E-state index in [1.807, 2.05) is 30.3 Å². The highest BCUT2D eigenvalue weighted by atomic mass is 16.1. The van der Waals surface area contributed by atoms with Gasteiger partial charge >= 0.3 is 0 Å². The molecular formula is C20H20N2O. The summed E-state index contributed by atoms with van der Waals surface area (Å²) in [4.78, 5) is 16.5. The number of hydrogen-bond donors (Lipinski definition) is 1. The predicted octanol–water partition coefficient (Wildman–Crippen LogP) is 4.42. The van der Waals surface area contributed by atoms with Crippen LogP contribution in [0.5, 0.6) is 0 Å². The van der Waals surface area contributed by atoms with Gasteiger partial charge in [0.1, 0.15) is 0 Å². The van der Waals surface area contributed by atoms with E-state index >= 15 is 0 Å². The van der Waals surface area contributed by atoms with Crippen LogP contribution in [0.2, 0.25) is 0 Å². The van der Waals surface area contributed by atoms with E-state index in [1.165, 1.54) is 16.7 Å². The van der Waals surface area contributed by atoms with E-state index in [-0.39, 0.29) is 5.91 Å². The molecule has 3 nitrogen and oxygen atoms in total. The number of pyridine rings is 1. The zero-order valence-corrected chi connectivity index (χ0v) is 13.5. The first-order valence-corrected chi connectivity index (χ1v) is 7.82. The monoisotopic (exact) mass is 304 g/mol. The summed E-state index contributed by atoms with van der Waals surface area (Å²) < 4.78 is 0. The van der Waals surface area contributed by atoms with Gasteiger partial charge in [-0.05, 0) is 43.5 Å². The number of aryl methyl sites for hydroxylation is 3. The van der Waals surface area contributed by atoms with Gasteiger partial charge in [0.05, 0.1) is 17.4 Å². The van der Waals surface area contributed by atoms with Crippen molar-refractivity contribution in [1.29, 1.82) is 0 Å². The minimum atomic E-state index is 0.0158. The summed E-state index contributed by atoms with van der Waals surface area (Å²) in [6.07, 6.45) is 2.92. The van der Waals surface area contributed by atoms with Crippen LogP contribution < -0.4 is 5.32 Å². The van der Waals surface area contributed by atoms with Gasteiger partial charge in [0, 0.05) is 11.8 Å². The van der Waals surface area contributed by atoms with Crippen molar-refractivity contribution >= 4 is 22.5 Å². The number of nitrogens with one attached hydrogen (secondary N) is 1. The molecule has 3 heteroatoms. The molecule has 3 rings (SSSR count). The summed E-state index contributed by atoms with van der Waals surface area (Å²) in [5, 5.41) is 3.96. The lowest BCUT2D eigenvalue weighted by Crippen LogP contribution is -2.12. The Labute approximate surface area is 136 Å². The molecule has 0 unspecified atom stereocenters. The third-order valence-electron chi connectivity index (χ3n) is 3.99. The zero-order chi connectivity index (χ0) is 16.2. The maximum Gasteiger partial charge on any atom is 0.224 e. The van der Waals surface area contributed by atoms with Crippen LogP contribution in [0.3, 0.4) is 0 Å². The second-order valence-electron chi connectivity index (χ2n) is 5.89. The Hall–Kier alpha value is -2.68. The van der Waals surface area contributed by atoms with Crippen LogP contribution in [0.4, 0.5) is 5.69 Å². The molecule has 1 aromatic heterocycles. The van der Waals surface area contributed by atoms with Crippen LogP contribution in [-0.4, -0.2) is 10.9 Å². The summed E-state index contributed by atoms with van der Waals surface area (Å²) in [5.74, 6) is 0.0158. The normalized spacial score (nSPS) is 10.7. The maximum absolute atomic E-state index is 12.2. The van der Waals surface area contributed by atoms with Crippen LogP contribution in [0.1, 0.15) is 23.1 Å². The van der Waals surface area contributed by atoms with Gasteiger partial charge in [0.15, 0.2) is 0 Å². The Bertz CT molecular complexity index is 855. The summed E-state index contributed by atoms with van der Waals surface area (Å²) in [7, 11) is 0. The molecule has 1 heterocycles. The van der Waals surface area contributed by atoms with Crippen molar-refractivity contribution in [3.63, 3.8) is 0 Å². The second-order valence-corrected chi connectivity index (χ2v) is 5.89. The van der Waals surface area contributed by atoms with Crippen molar-refractivity contribution in [1.82, 2.24) is 4.98 Å². The highest BCUT2D eigenvalue weighted by Crippen LogP contribution is 2.17. The topological polar surface area (TPSA) is 42.0 Å². The van der Waals surface area contributed by atoms with E-state index in [4.69, 9.17) is 0 Å². The molecule has 116 valence electrons. The van der Waals surface area contributed by atoms with Crippen molar-refractivity contribution < 1.29 is 4.79 Å². The summed E-state index contributed by atoms with van der Waals surface area (Å²) >= 11 is 0. The Morgan fingerprint density at radius 2 is 1.91 bits per heavy atom. The number of aromatic nitrogens is 1. The molecule has 1 amide bonds. The van der Waals surface area contributed by atoms with Crippen molar-refractivity contribution in [2.24, 2.45) is 0 Å². The van der Waals surface area contributed by atoms with E-state index in [1.54, 1.807) is 6.20 Å². The number of carbonyl (C=O) groups is 1. The number of amides is 1. The van der Waals surface area contributed by atoms with Gasteiger partial charge in [0.2, 0.25) is 5.91 Å². The van der Waals surface area contributed by atoms with Gasteiger partial charge in [-0.1, -0.05) is 42.0 Å². The summed E-state index contributed by atoms with van der Waals surface area (Å²) in [5.41, 5.74) is 5.39. The lowest BCUT2D eigenvalue weighted by molar-refractivity contribution is -0.116. The van der Waals surface area contributed by atoms with Crippen molar-refractivity contribution in [2.45, 2.75) is 26.7 Å². The molecule has 0 saturated carbocycles. The first-order valence-electron chi connectivity index (χ1n) is 7.82. The average molecular weight is 304 g/mol. The fraction of sp³-hybridized carbons (Fsp3) is 0.200. The van der Waals surface area contributed by atoms with E-state index < -0.39 is 0 Å². The molecule has 23 heavy (non-hydrogen) atoms. The van der Waals surface area contributed by atoms with Gasteiger partial charge in [0.25, 0.3) is 0 Å². The molecule has 2 aromatic carbocycles. The molecule has 0 bridgehead atoms. The molecule has 0 saturated heterocycles. The number of hydrogen-bond acceptors (Lipinski definition) is 2. The van der Waals surface area contributed by atoms with Crippen molar-refractivity contribution in [2.75, 3.05) is 5.32 Å². The molecule has 0 spiro atoms. The van der Waals surface area contributed by atoms with Gasteiger partial charge < -0.3 is 5.32 Å². The third kappa shape index (κ3) is 3.75. The van der Waals surface area contributed by atoms with Crippen LogP contribution in [-0.2, 0) is 11.2 Å². The number of fused-ring (bicyclic) bond motifs is 1. The summed E-state index contributed by atoms with van der Waals surface area (Å²) in [6.45, 7) is 4.17. The number of anilines is 1. The largest absolute Gasteiger partial charge is 0.325 e. The first-order chi connectivity index (χ1) is 11.1. The Morgan fingerprint density at radius 3 is 2.74 bits per heavy atom. The predicted molar refractivity (Wildman–Crippen MR) is 94.6 cm³/mol. The smallest absolute Gasteiger partial charge is 0.224 e. The Morgan fingerprint density at radius 1 is 1.09 bits per heavy atom. The van der Waals surface area contributed by atoms with Crippen molar-refractivity contribution in [3.05, 3.63) is 71.4 Å². The molecule has 0 atom stereocenters. The number of carbonyl (C=O) groups excluding carboxylic acids is 1. The third-order valence-corrected chi connectivity index (χ3v) is 3.99. The number of rotatable bonds is 4. The standard InChI is InChI=1S/C20H20N2O/c1-14-7-8-16(15(2)11-14)9-10-20(23)22-18-12-17-5-3-4-6-19(17)21-13-18/h3-8,11-13H,9-10H2,1-2H3,(H,22,23). The quantitative estimate of drug-likeness (QED) is 0.775. The molecular weight excluding hydrogens is 284 g/mol. The lowest BCUT2D eigenvalue weighted by Gasteiger charge is -2.08. The van der Waals surface area contributed by atoms with Crippen LogP contribution in [0.15, 0.2) is 54.7 Å². The van der Waals surface area contributed by atoms with Gasteiger partial charge in [-0.2, -0.15) is 0 Å². The zero-order valence-electron chi connectivity index (χ0n) is 13.5. The molecule has 0 fully saturated rings. The van der Waals surface area contributed by atoms with E-state index in [0.29, 0.717) is 6.42 Å². The van der Waals surface area contributed by atoms with E-state index in [0.717, 1.165) is 23.0 Å². The summed E-state index contributed by atoms with van der Waals surface area (Å²) in [6, 6.07) is 16.2. The molecule has 0 aliphatic heterocycles.